The minimum atomic E-state index is -0.922. The average Bonchev–Trinajstić information content (AvgIpc) is 2.63. The van der Waals surface area contributed by atoms with Gasteiger partial charge in [0.05, 0.1) is 12.2 Å². The highest BCUT2D eigenvalue weighted by Crippen LogP contribution is 2.36. The number of carboxylic acid groups (broad SMARTS) is 1. The number of carbonyl (C=O) groups is 1. The highest BCUT2D eigenvalue weighted by Gasteiger charge is 2.44. The van der Waals surface area contributed by atoms with Crippen molar-refractivity contribution < 1.29 is 14.6 Å². The van der Waals surface area contributed by atoms with Crippen molar-refractivity contribution in [3.05, 3.63) is 0 Å². The first-order valence-corrected chi connectivity index (χ1v) is 3.90. The summed E-state index contributed by atoms with van der Waals surface area (Å²) in [6.45, 7) is 0. The molecule has 0 bridgehead atoms. The molecule has 0 aromatic rings. The Morgan fingerprint density at radius 3 is 2.91 bits per heavy atom. The van der Waals surface area contributed by atoms with Crippen LogP contribution in [-0.4, -0.2) is 29.4 Å². The molecule has 2 fully saturated rings. The van der Waals surface area contributed by atoms with Crippen LogP contribution in [0, 0.1) is 0 Å². The van der Waals surface area contributed by atoms with Crippen LogP contribution >= 0.6 is 0 Å². The first-order valence-electron chi connectivity index (χ1n) is 3.90. The molecule has 0 unspecified atom stereocenters. The molecule has 2 aliphatic rings. The second kappa shape index (κ2) is 2.37. The fourth-order valence-corrected chi connectivity index (χ4v) is 1.71. The molecule has 1 aliphatic heterocycles. The SMILES string of the molecule is O=C(O)N[C@@H]1CC[C@@H]2O[C@@H]2C1. The molecular formula is C7H11NO3. The van der Waals surface area contributed by atoms with Gasteiger partial charge in [0, 0.05) is 6.04 Å². The normalized spacial score (nSPS) is 40.9. The number of amides is 1. The second-order valence-corrected chi connectivity index (χ2v) is 3.17. The van der Waals surface area contributed by atoms with Gasteiger partial charge in [0.15, 0.2) is 0 Å². The summed E-state index contributed by atoms with van der Waals surface area (Å²) in [7, 11) is 0. The summed E-state index contributed by atoms with van der Waals surface area (Å²) < 4.78 is 5.26. The standard InChI is InChI=1S/C7H11NO3/c9-7(10)8-4-1-2-5-6(3-4)11-5/h4-6,8H,1-3H2,(H,9,10)/t4-,5+,6-/m1/s1. The third-order valence-corrected chi connectivity index (χ3v) is 2.33. The van der Waals surface area contributed by atoms with Gasteiger partial charge in [-0.2, -0.15) is 0 Å². The van der Waals surface area contributed by atoms with Gasteiger partial charge in [-0.15, -0.1) is 0 Å². The molecule has 1 amide bonds. The number of fused-ring (bicyclic) bond motifs is 1. The van der Waals surface area contributed by atoms with E-state index in [1.807, 2.05) is 0 Å². The number of epoxide rings is 1. The smallest absolute Gasteiger partial charge is 0.404 e. The number of nitrogens with one attached hydrogen (secondary N) is 1. The maximum Gasteiger partial charge on any atom is 0.404 e. The van der Waals surface area contributed by atoms with Crippen LogP contribution in [0.1, 0.15) is 19.3 Å². The lowest BCUT2D eigenvalue weighted by atomic mass is 9.96. The summed E-state index contributed by atoms with van der Waals surface area (Å²) >= 11 is 0. The fourth-order valence-electron chi connectivity index (χ4n) is 1.71. The molecule has 0 radical (unpaired) electrons. The van der Waals surface area contributed by atoms with E-state index < -0.39 is 6.09 Å². The first kappa shape index (κ1) is 6.91. The molecule has 62 valence electrons. The van der Waals surface area contributed by atoms with E-state index >= 15 is 0 Å². The Morgan fingerprint density at radius 1 is 1.45 bits per heavy atom. The molecule has 4 heteroatoms. The van der Waals surface area contributed by atoms with Crippen LogP contribution in [0.5, 0.6) is 0 Å². The van der Waals surface area contributed by atoms with Crippen LogP contribution in [0.2, 0.25) is 0 Å². The highest BCUT2D eigenvalue weighted by atomic mass is 16.6. The van der Waals surface area contributed by atoms with Crippen LogP contribution < -0.4 is 5.32 Å². The topological polar surface area (TPSA) is 61.9 Å². The van der Waals surface area contributed by atoms with Crippen LogP contribution in [0.3, 0.4) is 0 Å². The number of ether oxygens (including phenoxy) is 1. The van der Waals surface area contributed by atoms with Gasteiger partial charge in [0.2, 0.25) is 0 Å². The van der Waals surface area contributed by atoms with Crippen molar-refractivity contribution in [2.24, 2.45) is 0 Å². The Kier molecular flexibility index (Phi) is 1.49. The van der Waals surface area contributed by atoms with Crippen molar-refractivity contribution in [1.29, 1.82) is 0 Å². The third kappa shape index (κ3) is 1.45. The van der Waals surface area contributed by atoms with Gasteiger partial charge in [-0.05, 0) is 19.3 Å². The molecule has 4 nitrogen and oxygen atoms in total. The quantitative estimate of drug-likeness (QED) is 0.547. The Bertz CT molecular complexity index is 183. The van der Waals surface area contributed by atoms with E-state index in [1.54, 1.807) is 0 Å². The van der Waals surface area contributed by atoms with Gasteiger partial charge >= 0.3 is 6.09 Å². The number of hydrogen-bond donors (Lipinski definition) is 2. The zero-order valence-corrected chi connectivity index (χ0v) is 6.12. The lowest BCUT2D eigenvalue weighted by molar-refractivity contribution is 0.187. The molecule has 1 aliphatic carbocycles. The molecule has 2 rings (SSSR count). The van der Waals surface area contributed by atoms with E-state index in [2.05, 4.69) is 5.32 Å². The predicted molar refractivity (Wildman–Crippen MR) is 37.5 cm³/mol. The summed E-state index contributed by atoms with van der Waals surface area (Å²) in [6, 6.07) is 0.122. The van der Waals surface area contributed by atoms with Crippen molar-refractivity contribution in [2.75, 3.05) is 0 Å². The van der Waals surface area contributed by atoms with Gasteiger partial charge in [0.1, 0.15) is 0 Å². The van der Waals surface area contributed by atoms with Gasteiger partial charge in [-0.1, -0.05) is 0 Å². The summed E-state index contributed by atoms with van der Waals surface area (Å²) in [6.07, 6.45) is 2.66. The molecule has 11 heavy (non-hydrogen) atoms. The Hall–Kier alpha value is -0.770. The number of rotatable bonds is 1. The van der Waals surface area contributed by atoms with Gasteiger partial charge in [-0.25, -0.2) is 4.79 Å². The molecule has 3 atom stereocenters. The minimum absolute atomic E-state index is 0.122. The largest absolute Gasteiger partial charge is 0.465 e. The zero-order chi connectivity index (χ0) is 7.84. The Labute approximate surface area is 64.5 Å². The lowest BCUT2D eigenvalue weighted by Crippen LogP contribution is -2.37. The third-order valence-electron chi connectivity index (χ3n) is 2.33. The van der Waals surface area contributed by atoms with Crippen molar-refractivity contribution in [2.45, 2.75) is 37.5 Å². The maximum atomic E-state index is 10.2. The van der Waals surface area contributed by atoms with E-state index in [4.69, 9.17) is 9.84 Å². The van der Waals surface area contributed by atoms with Gasteiger partial charge in [0.25, 0.3) is 0 Å². The Balaban J connectivity index is 1.81. The van der Waals surface area contributed by atoms with Crippen LogP contribution in [0.15, 0.2) is 0 Å². The fraction of sp³-hybridized carbons (Fsp3) is 0.857. The van der Waals surface area contributed by atoms with Gasteiger partial charge in [-0.3, -0.25) is 0 Å². The Morgan fingerprint density at radius 2 is 2.27 bits per heavy atom. The second-order valence-electron chi connectivity index (χ2n) is 3.17. The lowest BCUT2D eigenvalue weighted by Gasteiger charge is -2.17. The van der Waals surface area contributed by atoms with Crippen molar-refractivity contribution >= 4 is 6.09 Å². The minimum Gasteiger partial charge on any atom is -0.465 e. The van der Waals surface area contributed by atoms with Crippen LogP contribution in [0.25, 0.3) is 0 Å². The molecule has 1 heterocycles. The summed E-state index contributed by atoms with van der Waals surface area (Å²) in [5.41, 5.74) is 0. The van der Waals surface area contributed by atoms with Crippen LogP contribution in [0.4, 0.5) is 4.79 Å². The predicted octanol–water partition coefficient (Wildman–Crippen LogP) is 0.574. The van der Waals surface area contributed by atoms with Gasteiger partial charge < -0.3 is 15.2 Å². The van der Waals surface area contributed by atoms with Crippen molar-refractivity contribution in [3.8, 4) is 0 Å². The molecule has 1 saturated carbocycles. The summed E-state index contributed by atoms with van der Waals surface area (Å²) in [5.74, 6) is 0. The van der Waals surface area contributed by atoms with Crippen molar-refractivity contribution in [3.63, 3.8) is 0 Å². The van der Waals surface area contributed by atoms with E-state index in [0.29, 0.717) is 12.2 Å². The number of hydrogen-bond acceptors (Lipinski definition) is 2. The van der Waals surface area contributed by atoms with Crippen LogP contribution in [-0.2, 0) is 4.74 Å². The first-order chi connectivity index (χ1) is 5.25. The highest BCUT2D eigenvalue weighted by molar-refractivity contribution is 5.64. The molecule has 2 N–H and O–H groups in total. The molecule has 1 saturated heterocycles. The van der Waals surface area contributed by atoms with E-state index in [0.717, 1.165) is 19.3 Å². The van der Waals surface area contributed by atoms with E-state index in [9.17, 15) is 4.79 Å². The molecule has 0 aromatic carbocycles. The molecule has 0 aromatic heterocycles. The molecule has 0 spiro atoms. The summed E-state index contributed by atoms with van der Waals surface area (Å²) in [4.78, 5) is 10.2. The maximum absolute atomic E-state index is 10.2. The van der Waals surface area contributed by atoms with Crippen molar-refractivity contribution in [1.82, 2.24) is 5.32 Å². The van der Waals surface area contributed by atoms with E-state index in [-0.39, 0.29) is 6.04 Å². The van der Waals surface area contributed by atoms with E-state index in [1.165, 1.54) is 0 Å². The monoisotopic (exact) mass is 157 g/mol. The summed E-state index contributed by atoms with van der Waals surface area (Å²) in [5, 5.41) is 10.9. The molecular weight excluding hydrogens is 146 g/mol. The average molecular weight is 157 g/mol. The zero-order valence-electron chi connectivity index (χ0n) is 6.12.